The van der Waals surface area contributed by atoms with Crippen LogP contribution in [0.3, 0.4) is 0 Å². The van der Waals surface area contributed by atoms with Crippen molar-refractivity contribution in [3.05, 3.63) is 60.0 Å². The SMILES string of the molecule is Cc1cc2cc(OC(C)(C)C)ccc2n1CCCCCCCCOC(=O)c1ccc[n+](C)c1. The minimum atomic E-state index is -0.238. The molecule has 0 amide bonds. The minimum Gasteiger partial charge on any atom is -0.488 e. The summed E-state index contributed by atoms with van der Waals surface area (Å²) in [5.74, 6) is 0.688. The number of rotatable bonds is 11. The van der Waals surface area contributed by atoms with Gasteiger partial charge in [0.2, 0.25) is 0 Å². The number of benzene rings is 1. The maximum atomic E-state index is 12.0. The van der Waals surface area contributed by atoms with Crippen LogP contribution in [0.4, 0.5) is 0 Å². The van der Waals surface area contributed by atoms with Gasteiger partial charge in [-0.1, -0.05) is 25.7 Å². The highest BCUT2D eigenvalue weighted by atomic mass is 16.5. The lowest BCUT2D eigenvalue weighted by Gasteiger charge is -2.21. The Morgan fingerprint density at radius 3 is 2.45 bits per heavy atom. The summed E-state index contributed by atoms with van der Waals surface area (Å²) in [6.45, 7) is 9.94. The summed E-state index contributed by atoms with van der Waals surface area (Å²) < 4.78 is 15.7. The molecule has 5 nitrogen and oxygen atoms in total. The van der Waals surface area contributed by atoms with Gasteiger partial charge >= 0.3 is 5.97 Å². The first kappa shape index (κ1) is 24.8. The average molecular weight is 452 g/mol. The van der Waals surface area contributed by atoms with Crippen LogP contribution in [-0.2, 0) is 18.3 Å². The van der Waals surface area contributed by atoms with E-state index in [1.54, 1.807) is 12.3 Å². The van der Waals surface area contributed by atoms with Gasteiger partial charge in [0.15, 0.2) is 12.4 Å². The molecular weight excluding hydrogens is 412 g/mol. The van der Waals surface area contributed by atoms with E-state index in [0.717, 1.165) is 25.1 Å². The van der Waals surface area contributed by atoms with Gasteiger partial charge in [-0.25, -0.2) is 9.36 Å². The van der Waals surface area contributed by atoms with Gasteiger partial charge in [0, 0.05) is 29.2 Å². The van der Waals surface area contributed by atoms with Crippen molar-refractivity contribution in [2.45, 2.75) is 78.4 Å². The Bertz CT molecular complexity index is 1060. The lowest BCUT2D eigenvalue weighted by Crippen LogP contribution is -2.28. The van der Waals surface area contributed by atoms with Crippen LogP contribution in [0.5, 0.6) is 5.75 Å². The van der Waals surface area contributed by atoms with E-state index in [-0.39, 0.29) is 11.6 Å². The summed E-state index contributed by atoms with van der Waals surface area (Å²) in [7, 11) is 1.90. The highest BCUT2D eigenvalue weighted by Gasteiger charge is 2.13. The van der Waals surface area contributed by atoms with Gasteiger partial charge in [0.1, 0.15) is 24.0 Å². The first-order valence-corrected chi connectivity index (χ1v) is 12.1. The lowest BCUT2D eigenvalue weighted by atomic mass is 10.1. The summed E-state index contributed by atoms with van der Waals surface area (Å²) in [4.78, 5) is 12.0. The molecule has 0 saturated carbocycles. The molecule has 0 N–H and O–H groups in total. The fourth-order valence-corrected chi connectivity index (χ4v) is 4.14. The molecular formula is C28H39N2O3+. The van der Waals surface area contributed by atoms with Gasteiger partial charge in [-0.15, -0.1) is 0 Å². The second kappa shape index (κ2) is 11.4. The van der Waals surface area contributed by atoms with Crippen molar-refractivity contribution in [1.29, 1.82) is 0 Å². The van der Waals surface area contributed by atoms with Gasteiger partial charge in [0.25, 0.3) is 0 Å². The fourth-order valence-electron chi connectivity index (χ4n) is 4.14. The molecule has 178 valence electrons. The summed E-state index contributed by atoms with van der Waals surface area (Å²) in [6.07, 6.45) is 10.5. The second-order valence-electron chi connectivity index (χ2n) is 9.89. The number of carbonyl (C=O) groups excluding carboxylic acids is 1. The molecule has 0 aliphatic heterocycles. The van der Waals surface area contributed by atoms with Crippen LogP contribution in [0.2, 0.25) is 0 Å². The summed E-state index contributed by atoms with van der Waals surface area (Å²) in [5.41, 5.74) is 2.99. The summed E-state index contributed by atoms with van der Waals surface area (Å²) in [6, 6.07) is 12.3. The normalized spacial score (nSPS) is 11.7. The van der Waals surface area contributed by atoms with E-state index in [0.29, 0.717) is 12.2 Å². The van der Waals surface area contributed by atoms with Crippen LogP contribution in [0.25, 0.3) is 10.9 Å². The van der Waals surface area contributed by atoms with Crippen molar-refractivity contribution in [3.8, 4) is 5.75 Å². The number of ether oxygens (including phenoxy) is 2. The van der Waals surface area contributed by atoms with Crippen LogP contribution in [-0.4, -0.2) is 22.7 Å². The molecule has 0 aliphatic rings. The Kier molecular flexibility index (Phi) is 8.54. The van der Waals surface area contributed by atoms with Gasteiger partial charge in [-0.3, -0.25) is 0 Å². The quantitative estimate of drug-likeness (QED) is 0.200. The lowest BCUT2D eigenvalue weighted by molar-refractivity contribution is -0.671. The number of aromatic nitrogens is 2. The summed E-state index contributed by atoms with van der Waals surface area (Å²) in [5, 5.41) is 1.24. The number of pyridine rings is 1. The van der Waals surface area contributed by atoms with Crippen molar-refractivity contribution >= 4 is 16.9 Å². The van der Waals surface area contributed by atoms with Gasteiger partial charge in [-0.05, 0) is 70.9 Å². The van der Waals surface area contributed by atoms with E-state index in [4.69, 9.17) is 9.47 Å². The van der Waals surface area contributed by atoms with Crippen molar-refractivity contribution in [2.75, 3.05) is 6.61 Å². The number of fused-ring (bicyclic) bond motifs is 1. The van der Waals surface area contributed by atoms with Crippen LogP contribution >= 0.6 is 0 Å². The van der Waals surface area contributed by atoms with E-state index >= 15 is 0 Å². The van der Waals surface area contributed by atoms with Crippen molar-refractivity contribution in [2.24, 2.45) is 7.05 Å². The molecule has 0 atom stereocenters. The third-order valence-corrected chi connectivity index (χ3v) is 5.69. The van der Waals surface area contributed by atoms with E-state index in [1.807, 2.05) is 23.9 Å². The molecule has 5 heteroatoms. The highest BCUT2D eigenvalue weighted by Crippen LogP contribution is 2.27. The van der Waals surface area contributed by atoms with Gasteiger partial charge < -0.3 is 14.0 Å². The van der Waals surface area contributed by atoms with Crippen LogP contribution in [0.15, 0.2) is 48.8 Å². The van der Waals surface area contributed by atoms with Crippen molar-refractivity contribution < 1.29 is 18.8 Å². The van der Waals surface area contributed by atoms with Crippen LogP contribution in [0, 0.1) is 6.92 Å². The van der Waals surface area contributed by atoms with E-state index < -0.39 is 0 Å². The molecule has 0 fully saturated rings. The van der Waals surface area contributed by atoms with Gasteiger partial charge in [-0.2, -0.15) is 0 Å². The minimum absolute atomic E-state index is 0.187. The molecule has 1 aromatic carbocycles. The molecule has 0 radical (unpaired) electrons. The van der Waals surface area contributed by atoms with E-state index in [9.17, 15) is 4.79 Å². The Labute approximate surface area is 198 Å². The fraction of sp³-hybridized carbons (Fsp3) is 0.500. The molecule has 0 saturated heterocycles. The predicted octanol–water partition coefficient (Wildman–Crippen LogP) is 6.15. The molecule has 2 heterocycles. The molecule has 0 unspecified atom stereocenters. The topological polar surface area (TPSA) is 44.3 Å². The van der Waals surface area contributed by atoms with E-state index in [2.05, 4.69) is 56.5 Å². The van der Waals surface area contributed by atoms with Crippen molar-refractivity contribution in [3.63, 3.8) is 0 Å². The third kappa shape index (κ3) is 7.62. The molecule has 2 aromatic heterocycles. The molecule has 0 aliphatic carbocycles. The average Bonchev–Trinajstić information content (AvgIpc) is 3.05. The summed E-state index contributed by atoms with van der Waals surface area (Å²) >= 11 is 0. The van der Waals surface area contributed by atoms with E-state index in [1.165, 1.54) is 42.3 Å². The predicted molar refractivity (Wildman–Crippen MR) is 133 cm³/mol. The molecule has 3 aromatic rings. The zero-order chi connectivity index (χ0) is 23.8. The van der Waals surface area contributed by atoms with Crippen LogP contribution in [0.1, 0.15) is 75.3 Å². The largest absolute Gasteiger partial charge is 0.488 e. The number of nitrogens with zero attached hydrogens (tertiary/aromatic N) is 2. The Hall–Kier alpha value is -2.82. The Morgan fingerprint density at radius 1 is 1.00 bits per heavy atom. The number of unbranched alkanes of at least 4 members (excludes halogenated alkanes) is 5. The van der Waals surface area contributed by atoms with Crippen molar-refractivity contribution in [1.82, 2.24) is 4.57 Å². The first-order chi connectivity index (χ1) is 15.7. The third-order valence-electron chi connectivity index (χ3n) is 5.69. The smallest absolute Gasteiger partial charge is 0.344 e. The Morgan fingerprint density at radius 2 is 1.73 bits per heavy atom. The zero-order valence-corrected chi connectivity index (χ0v) is 20.9. The van der Waals surface area contributed by atoms with Gasteiger partial charge in [0.05, 0.1) is 6.61 Å². The Balaban J connectivity index is 1.33. The molecule has 33 heavy (non-hydrogen) atoms. The first-order valence-electron chi connectivity index (χ1n) is 12.1. The molecule has 0 spiro atoms. The maximum absolute atomic E-state index is 12.0. The number of hydrogen-bond donors (Lipinski definition) is 0. The molecule has 3 rings (SSSR count). The zero-order valence-electron chi connectivity index (χ0n) is 20.9. The van der Waals surface area contributed by atoms with Crippen LogP contribution < -0.4 is 9.30 Å². The standard InChI is InChI=1S/C28H39N2O3/c1-22-19-24-20-25(33-28(2,3)4)14-15-26(24)30(22)17-10-8-6-7-9-11-18-32-27(31)23-13-12-16-29(5)21-23/h12-16,19-21H,6-11,17-18H2,1-5H3/q+1. The highest BCUT2D eigenvalue weighted by molar-refractivity contribution is 5.88. The number of esters is 1. The number of carbonyl (C=O) groups is 1. The maximum Gasteiger partial charge on any atom is 0.344 e. The monoisotopic (exact) mass is 451 g/mol. The number of aryl methyl sites for hydroxylation is 3. The number of hydrogen-bond acceptors (Lipinski definition) is 3. The molecule has 0 bridgehead atoms. The second-order valence-corrected chi connectivity index (χ2v) is 9.89.